The lowest BCUT2D eigenvalue weighted by Crippen LogP contribution is -2.45. The van der Waals surface area contributed by atoms with Gasteiger partial charge in [0, 0.05) is 48.5 Å². The number of carbonyl (C=O) groups excluding carboxylic acids is 1. The molecular formula is C22H27ClN4O. The van der Waals surface area contributed by atoms with Crippen LogP contribution in [0.5, 0.6) is 0 Å². The average molecular weight is 399 g/mol. The molecule has 1 atom stereocenters. The van der Waals surface area contributed by atoms with E-state index in [2.05, 4.69) is 14.9 Å². The molecule has 2 aliphatic heterocycles. The molecular weight excluding hydrogens is 372 g/mol. The molecule has 2 saturated heterocycles. The monoisotopic (exact) mass is 398 g/mol. The molecule has 1 aromatic heterocycles. The molecule has 0 bridgehead atoms. The molecule has 2 aromatic rings. The lowest BCUT2D eigenvalue weighted by molar-refractivity contribution is -0.133. The van der Waals surface area contributed by atoms with Crippen LogP contribution in [-0.2, 0) is 4.79 Å². The van der Waals surface area contributed by atoms with Crippen molar-refractivity contribution in [1.82, 2.24) is 19.8 Å². The molecule has 0 saturated carbocycles. The zero-order valence-corrected chi connectivity index (χ0v) is 16.9. The van der Waals surface area contributed by atoms with Crippen molar-refractivity contribution in [2.45, 2.75) is 38.0 Å². The van der Waals surface area contributed by atoms with Gasteiger partial charge in [0.25, 0.3) is 0 Å². The van der Waals surface area contributed by atoms with E-state index in [0.29, 0.717) is 11.6 Å². The quantitative estimate of drug-likeness (QED) is 0.781. The zero-order valence-electron chi connectivity index (χ0n) is 16.2. The van der Waals surface area contributed by atoms with Crippen molar-refractivity contribution >= 4 is 17.5 Å². The fourth-order valence-corrected chi connectivity index (χ4v) is 4.55. The molecule has 2 fully saturated rings. The molecule has 148 valence electrons. The third-order valence-corrected chi connectivity index (χ3v) is 6.02. The van der Waals surface area contributed by atoms with Crippen LogP contribution in [-0.4, -0.2) is 58.4 Å². The number of hydrogen-bond acceptors (Lipinski definition) is 4. The summed E-state index contributed by atoms with van der Waals surface area (Å²) in [5.41, 5.74) is 2.91. The summed E-state index contributed by atoms with van der Waals surface area (Å²) in [5, 5.41) is 0.700. The van der Waals surface area contributed by atoms with Gasteiger partial charge in [-0.3, -0.25) is 19.7 Å². The van der Waals surface area contributed by atoms with E-state index in [1.54, 1.807) is 12.4 Å². The van der Waals surface area contributed by atoms with Gasteiger partial charge in [0.15, 0.2) is 0 Å². The molecule has 1 aromatic carbocycles. The molecule has 4 rings (SSSR count). The summed E-state index contributed by atoms with van der Waals surface area (Å²) in [6.07, 6.45) is 9.16. The van der Waals surface area contributed by atoms with Crippen LogP contribution in [0.2, 0.25) is 5.02 Å². The highest BCUT2D eigenvalue weighted by molar-refractivity contribution is 6.30. The molecule has 28 heavy (non-hydrogen) atoms. The Morgan fingerprint density at radius 3 is 2.71 bits per heavy atom. The first-order valence-electron chi connectivity index (χ1n) is 10.3. The third kappa shape index (κ3) is 4.53. The Bertz CT molecular complexity index is 822. The number of likely N-dealkylation sites (tertiary alicyclic amines) is 2. The summed E-state index contributed by atoms with van der Waals surface area (Å²) in [5.74, 6) is 0.556. The van der Waals surface area contributed by atoms with Gasteiger partial charge in [-0.15, -0.1) is 0 Å². The first kappa shape index (κ1) is 19.3. The highest BCUT2D eigenvalue weighted by Gasteiger charge is 2.28. The van der Waals surface area contributed by atoms with Gasteiger partial charge >= 0.3 is 0 Å². The van der Waals surface area contributed by atoms with E-state index in [4.69, 9.17) is 11.6 Å². The molecule has 3 heterocycles. The van der Waals surface area contributed by atoms with Crippen molar-refractivity contribution in [3.8, 4) is 11.3 Å². The summed E-state index contributed by atoms with van der Waals surface area (Å²) in [4.78, 5) is 26.3. The minimum Gasteiger partial charge on any atom is -0.342 e. The highest BCUT2D eigenvalue weighted by atomic mass is 35.5. The Hall–Kier alpha value is -1.98. The van der Waals surface area contributed by atoms with Crippen molar-refractivity contribution < 1.29 is 4.79 Å². The Labute approximate surface area is 171 Å². The van der Waals surface area contributed by atoms with Crippen molar-refractivity contribution in [1.29, 1.82) is 0 Å². The van der Waals surface area contributed by atoms with Gasteiger partial charge in [0.1, 0.15) is 0 Å². The van der Waals surface area contributed by atoms with Crippen molar-refractivity contribution in [2.24, 2.45) is 0 Å². The van der Waals surface area contributed by atoms with Crippen LogP contribution in [0.25, 0.3) is 11.3 Å². The van der Waals surface area contributed by atoms with Crippen LogP contribution in [0.3, 0.4) is 0 Å². The van der Waals surface area contributed by atoms with Gasteiger partial charge in [-0.2, -0.15) is 0 Å². The van der Waals surface area contributed by atoms with Crippen LogP contribution < -0.4 is 0 Å². The number of rotatable bonds is 4. The number of piperidine rings is 2. The topological polar surface area (TPSA) is 49.3 Å². The molecule has 5 nitrogen and oxygen atoms in total. The molecule has 2 aliphatic rings. The molecule has 0 aliphatic carbocycles. The van der Waals surface area contributed by atoms with E-state index in [9.17, 15) is 4.79 Å². The van der Waals surface area contributed by atoms with E-state index < -0.39 is 0 Å². The van der Waals surface area contributed by atoms with Crippen molar-refractivity contribution in [2.75, 3.05) is 32.7 Å². The summed E-state index contributed by atoms with van der Waals surface area (Å²) in [7, 11) is 0. The fourth-order valence-electron chi connectivity index (χ4n) is 4.36. The molecule has 1 amide bonds. The van der Waals surface area contributed by atoms with Crippen LogP contribution in [0, 0.1) is 0 Å². The number of halogens is 1. The van der Waals surface area contributed by atoms with Crippen LogP contribution >= 0.6 is 11.6 Å². The number of amides is 1. The normalized spacial score (nSPS) is 20.9. The maximum absolute atomic E-state index is 12.7. The smallest absolute Gasteiger partial charge is 0.236 e. The largest absolute Gasteiger partial charge is 0.342 e. The van der Waals surface area contributed by atoms with E-state index in [1.807, 2.05) is 29.2 Å². The third-order valence-electron chi connectivity index (χ3n) is 5.78. The van der Waals surface area contributed by atoms with Gasteiger partial charge in [-0.05, 0) is 50.8 Å². The van der Waals surface area contributed by atoms with Gasteiger partial charge in [-0.1, -0.05) is 23.7 Å². The standard InChI is InChI=1S/C22H27ClN4O/c23-19-8-4-6-17(14-19)21-22(25-10-9-24-21)18-7-5-11-26(15-18)16-20(28)27-12-2-1-3-13-27/h4,6,8-10,14,18H,1-3,5,7,11-13,15-16H2/t18-/m1/s1. The highest BCUT2D eigenvalue weighted by Crippen LogP contribution is 2.32. The van der Waals surface area contributed by atoms with Gasteiger partial charge in [0.05, 0.1) is 17.9 Å². The van der Waals surface area contributed by atoms with Gasteiger partial charge in [-0.25, -0.2) is 0 Å². The van der Waals surface area contributed by atoms with Crippen LogP contribution in [0.1, 0.15) is 43.7 Å². The van der Waals surface area contributed by atoms with E-state index in [0.717, 1.165) is 68.8 Å². The van der Waals surface area contributed by atoms with E-state index in [1.165, 1.54) is 6.42 Å². The lowest BCUT2D eigenvalue weighted by Gasteiger charge is -2.35. The SMILES string of the molecule is O=C(CN1CCC[C@@H](c2nccnc2-c2cccc(Cl)c2)C1)N1CCCCC1. The Kier molecular flexibility index (Phi) is 6.23. The Balaban J connectivity index is 1.48. The Morgan fingerprint density at radius 2 is 1.89 bits per heavy atom. The summed E-state index contributed by atoms with van der Waals surface area (Å²) >= 11 is 6.19. The molecule has 0 spiro atoms. The maximum atomic E-state index is 12.7. The second-order valence-electron chi connectivity index (χ2n) is 7.82. The predicted octanol–water partition coefficient (Wildman–Crippen LogP) is 3.99. The fraction of sp³-hybridized carbons (Fsp3) is 0.500. The first-order chi connectivity index (χ1) is 13.7. The first-order valence-corrected chi connectivity index (χ1v) is 10.7. The summed E-state index contributed by atoms with van der Waals surface area (Å²) in [6, 6.07) is 7.78. The minimum atomic E-state index is 0.273. The second kappa shape index (κ2) is 9.01. The van der Waals surface area contributed by atoms with Crippen LogP contribution in [0.4, 0.5) is 0 Å². The van der Waals surface area contributed by atoms with Crippen LogP contribution in [0.15, 0.2) is 36.7 Å². The van der Waals surface area contributed by atoms with E-state index in [-0.39, 0.29) is 11.8 Å². The molecule has 6 heteroatoms. The molecule has 0 unspecified atom stereocenters. The maximum Gasteiger partial charge on any atom is 0.236 e. The number of hydrogen-bond donors (Lipinski definition) is 0. The number of nitrogens with zero attached hydrogens (tertiary/aromatic N) is 4. The summed E-state index contributed by atoms with van der Waals surface area (Å²) in [6.45, 7) is 4.18. The second-order valence-corrected chi connectivity index (χ2v) is 8.25. The molecule has 0 radical (unpaired) electrons. The average Bonchev–Trinajstić information content (AvgIpc) is 2.74. The number of aromatic nitrogens is 2. The van der Waals surface area contributed by atoms with Gasteiger partial charge in [0.2, 0.25) is 5.91 Å². The lowest BCUT2D eigenvalue weighted by atomic mass is 9.91. The zero-order chi connectivity index (χ0) is 19.3. The van der Waals surface area contributed by atoms with Crippen molar-refractivity contribution in [3.63, 3.8) is 0 Å². The van der Waals surface area contributed by atoms with Gasteiger partial charge < -0.3 is 4.90 Å². The Morgan fingerprint density at radius 1 is 1.07 bits per heavy atom. The van der Waals surface area contributed by atoms with E-state index >= 15 is 0 Å². The molecule has 0 N–H and O–H groups in total. The number of benzene rings is 1. The summed E-state index contributed by atoms with van der Waals surface area (Å²) < 4.78 is 0. The minimum absolute atomic E-state index is 0.273. The van der Waals surface area contributed by atoms with Crippen molar-refractivity contribution in [3.05, 3.63) is 47.4 Å². The predicted molar refractivity (Wildman–Crippen MR) is 111 cm³/mol. The number of carbonyl (C=O) groups is 1.